The molecule has 3 N–H and O–H groups in total. The van der Waals surface area contributed by atoms with Gasteiger partial charge in [0.2, 0.25) is 5.95 Å². The number of hydrogen-bond donors (Lipinski definition) is 2. The lowest BCUT2D eigenvalue weighted by Gasteiger charge is -2.33. The zero-order valence-corrected chi connectivity index (χ0v) is 10.3. The van der Waals surface area contributed by atoms with Gasteiger partial charge in [0.05, 0.1) is 19.0 Å². The number of imidazole rings is 1. The summed E-state index contributed by atoms with van der Waals surface area (Å²) in [5.41, 5.74) is 7.17. The number of nitrogens with one attached hydrogen (secondary N) is 1. The van der Waals surface area contributed by atoms with Crippen LogP contribution in [-0.2, 0) is 4.74 Å². The fraction of sp³-hybridized carbons (Fsp3) is 0.545. The third kappa shape index (κ3) is 1.86. The Bertz CT molecular complexity index is 553. The molecule has 96 valence electrons. The SMILES string of the molecule is CCC1CN(c2nc(N)nc3nc[nH]c23)CCO1. The number of fused-ring (bicyclic) bond motifs is 1. The summed E-state index contributed by atoms with van der Waals surface area (Å²) < 4.78 is 5.66. The van der Waals surface area contributed by atoms with Crippen LogP contribution in [0.1, 0.15) is 13.3 Å². The topological polar surface area (TPSA) is 93.0 Å². The van der Waals surface area contributed by atoms with E-state index in [-0.39, 0.29) is 12.1 Å². The molecule has 0 saturated carbocycles. The Hall–Kier alpha value is -1.89. The van der Waals surface area contributed by atoms with Gasteiger partial charge in [-0.3, -0.25) is 0 Å². The van der Waals surface area contributed by atoms with Crippen molar-refractivity contribution in [2.24, 2.45) is 0 Å². The average molecular weight is 248 g/mol. The predicted octanol–water partition coefficient (Wildman–Crippen LogP) is 0.550. The number of nitrogens with two attached hydrogens (primary N) is 1. The van der Waals surface area contributed by atoms with Crippen LogP contribution in [0.25, 0.3) is 11.2 Å². The summed E-state index contributed by atoms with van der Waals surface area (Å²) in [6.07, 6.45) is 2.84. The fourth-order valence-corrected chi connectivity index (χ4v) is 2.22. The smallest absolute Gasteiger partial charge is 0.224 e. The molecule has 7 nitrogen and oxygen atoms in total. The van der Waals surface area contributed by atoms with Crippen molar-refractivity contribution in [1.29, 1.82) is 0 Å². The minimum atomic E-state index is 0.243. The van der Waals surface area contributed by atoms with Gasteiger partial charge >= 0.3 is 0 Å². The number of nitrogens with zero attached hydrogens (tertiary/aromatic N) is 4. The largest absolute Gasteiger partial charge is 0.375 e. The van der Waals surface area contributed by atoms with Gasteiger partial charge in [-0.15, -0.1) is 0 Å². The Morgan fingerprint density at radius 2 is 2.44 bits per heavy atom. The second-order valence-electron chi connectivity index (χ2n) is 4.35. The van der Waals surface area contributed by atoms with Crippen LogP contribution < -0.4 is 10.6 Å². The van der Waals surface area contributed by atoms with Gasteiger partial charge in [0, 0.05) is 13.1 Å². The van der Waals surface area contributed by atoms with Gasteiger partial charge in [0.25, 0.3) is 0 Å². The molecule has 0 aromatic carbocycles. The van der Waals surface area contributed by atoms with Crippen LogP contribution in [-0.4, -0.2) is 45.7 Å². The molecule has 0 amide bonds. The van der Waals surface area contributed by atoms with Gasteiger partial charge in [-0.05, 0) is 6.42 Å². The van der Waals surface area contributed by atoms with E-state index < -0.39 is 0 Å². The van der Waals surface area contributed by atoms with Crippen LogP contribution in [0.3, 0.4) is 0 Å². The number of morpholine rings is 1. The number of rotatable bonds is 2. The Morgan fingerprint density at radius 1 is 1.56 bits per heavy atom. The summed E-state index contributed by atoms with van der Waals surface area (Å²) in [4.78, 5) is 17.8. The number of aromatic nitrogens is 4. The summed E-state index contributed by atoms with van der Waals surface area (Å²) in [5, 5.41) is 0. The Kier molecular flexibility index (Phi) is 2.75. The zero-order valence-electron chi connectivity index (χ0n) is 10.3. The lowest BCUT2D eigenvalue weighted by molar-refractivity contribution is 0.0382. The number of anilines is 2. The van der Waals surface area contributed by atoms with Gasteiger partial charge in [-0.2, -0.15) is 9.97 Å². The first-order valence-electron chi connectivity index (χ1n) is 6.11. The average Bonchev–Trinajstić information content (AvgIpc) is 2.85. The zero-order chi connectivity index (χ0) is 12.5. The first-order chi connectivity index (χ1) is 8.78. The van der Waals surface area contributed by atoms with Gasteiger partial charge in [0.1, 0.15) is 5.52 Å². The molecule has 7 heteroatoms. The van der Waals surface area contributed by atoms with E-state index in [2.05, 4.69) is 31.8 Å². The summed E-state index contributed by atoms with van der Waals surface area (Å²) in [7, 11) is 0. The van der Waals surface area contributed by atoms with Gasteiger partial charge in [-0.25, -0.2) is 4.98 Å². The Labute approximate surface area is 104 Å². The first-order valence-corrected chi connectivity index (χ1v) is 6.11. The molecule has 2 aromatic heterocycles. The Morgan fingerprint density at radius 3 is 3.28 bits per heavy atom. The van der Waals surface area contributed by atoms with Crippen LogP contribution in [0.4, 0.5) is 11.8 Å². The van der Waals surface area contributed by atoms with Gasteiger partial charge in [-0.1, -0.05) is 6.92 Å². The van der Waals surface area contributed by atoms with Crippen LogP contribution in [0.2, 0.25) is 0 Å². The fourth-order valence-electron chi connectivity index (χ4n) is 2.22. The van der Waals surface area contributed by atoms with Gasteiger partial charge in [0.15, 0.2) is 11.5 Å². The number of ether oxygens (including phenoxy) is 1. The molecule has 1 fully saturated rings. The van der Waals surface area contributed by atoms with Gasteiger partial charge < -0.3 is 20.4 Å². The molecule has 3 heterocycles. The molecule has 1 atom stereocenters. The quantitative estimate of drug-likeness (QED) is 0.806. The third-order valence-electron chi connectivity index (χ3n) is 3.18. The molecular weight excluding hydrogens is 232 g/mol. The van der Waals surface area contributed by atoms with Crippen LogP contribution >= 0.6 is 0 Å². The predicted molar refractivity (Wildman–Crippen MR) is 68.3 cm³/mol. The van der Waals surface area contributed by atoms with E-state index in [0.717, 1.165) is 30.8 Å². The minimum Gasteiger partial charge on any atom is -0.375 e. The number of aromatic amines is 1. The van der Waals surface area contributed by atoms with Crippen molar-refractivity contribution >= 4 is 22.9 Å². The van der Waals surface area contributed by atoms with E-state index in [9.17, 15) is 0 Å². The van der Waals surface area contributed by atoms with Crippen molar-refractivity contribution in [3.63, 3.8) is 0 Å². The van der Waals surface area contributed by atoms with Crippen molar-refractivity contribution in [3.8, 4) is 0 Å². The van der Waals surface area contributed by atoms with E-state index >= 15 is 0 Å². The number of hydrogen-bond acceptors (Lipinski definition) is 6. The molecule has 0 bridgehead atoms. The van der Waals surface area contributed by atoms with E-state index in [1.54, 1.807) is 6.33 Å². The third-order valence-corrected chi connectivity index (χ3v) is 3.18. The monoisotopic (exact) mass is 248 g/mol. The molecule has 1 unspecified atom stereocenters. The molecule has 18 heavy (non-hydrogen) atoms. The van der Waals surface area contributed by atoms with E-state index in [1.165, 1.54) is 0 Å². The van der Waals surface area contributed by atoms with Crippen molar-refractivity contribution in [3.05, 3.63) is 6.33 Å². The molecule has 0 aliphatic carbocycles. The second-order valence-corrected chi connectivity index (χ2v) is 4.35. The Balaban J connectivity index is 2.00. The molecular formula is C11H16N6O. The second kappa shape index (κ2) is 4.41. The highest BCUT2D eigenvalue weighted by atomic mass is 16.5. The molecule has 3 rings (SSSR count). The van der Waals surface area contributed by atoms with Crippen LogP contribution in [0.5, 0.6) is 0 Å². The minimum absolute atomic E-state index is 0.243. The summed E-state index contributed by atoms with van der Waals surface area (Å²) >= 11 is 0. The highest BCUT2D eigenvalue weighted by molar-refractivity contribution is 5.84. The molecule has 0 spiro atoms. The first kappa shape index (κ1) is 11.2. The molecule has 2 aromatic rings. The van der Waals surface area contributed by atoms with Crippen molar-refractivity contribution in [1.82, 2.24) is 19.9 Å². The maximum atomic E-state index is 5.72. The van der Waals surface area contributed by atoms with E-state index in [1.807, 2.05) is 0 Å². The van der Waals surface area contributed by atoms with Crippen molar-refractivity contribution in [2.75, 3.05) is 30.3 Å². The van der Waals surface area contributed by atoms with Crippen molar-refractivity contribution in [2.45, 2.75) is 19.4 Å². The van der Waals surface area contributed by atoms with E-state index in [0.29, 0.717) is 12.3 Å². The molecule has 1 aliphatic rings. The maximum absolute atomic E-state index is 5.72. The normalized spacial score (nSPS) is 20.5. The molecule has 1 aliphatic heterocycles. The lowest BCUT2D eigenvalue weighted by Crippen LogP contribution is -2.42. The number of H-pyrrole nitrogens is 1. The highest BCUT2D eigenvalue weighted by Gasteiger charge is 2.23. The lowest BCUT2D eigenvalue weighted by atomic mass is 10.2. The molecule has 0 radical (unpaired) electrons. The van der Waals surface area contributed by atoms with Crippen LogP contribution in [0.15, 0.2) is 6.33 Å². The molecule has 1 saturated heterocycles. The highest BCUT2D eigenvalue weighted by Crippen LogP contribution is 2.24. The number of nitrogen functional groups attached to an aromatic ring is 1. The van der Waals surface area contributed by atoms with Crippen LogP contribution in [0, 0.1) is 0 Å². The summed E-state index contributed by atoms with van der Waals surface area (Å²) in [6, 6.07) is 0. The van der Waals surface area contributed by atoms with E-state index in [4.69, 9.17) is 10.5 Å². The standard InChI is InChI=1S/C11H16N6O/c1-2-7-5-17(3-4-18-7)10-8-9(14-6-13-8)15-11(12)16-10/h6-7H,2-5H2,1H3,(H3,12,13,14,15,16). The van der Waals surface area contributed by atoms with Crippen molar-refractivity contribution < 1.29 is 4.74 Å². The summed E-state index contributed by atoms with van der Waals surface area (Å²) in [6.45, 7) is 4.45. The maximum Gasteiger partial charge on any atom is 0.224 e. The summed E-state index contributed by atoms with van der Waals surface area (Å²) in [5.74, 6) is 1.07.